The van der Waals surface area contributed by atoms with E-state index in [2.05, 4.69) is 5.32 Å². The molecule has 3 aromatic rings. The molecule has 0 bridgehead atoms. The Morgan fingerprint density at radius 2 is 1.68 bits per heavy atom. The van der Waals surface area contributed by atoms with Crippen LogP contribution in [-0.2, 0) is 9.59 Å². The summed E-state index contributed by atoms with van der Waals surface area (Å²) in [6.45, 7) is 1.99. The largest absolute Gasteiger partial charge is 0.457 e. The number of benzene rings is 3. The van der Waals surface area contributed by atoms with Crippen LogP contribution >= 0.6 is 24.0 Å². The molecule has 3 aromatic carbocycles. The van der Waals surface area contributed by atoms with Crippen molar-refractivity contribution in [3.63, 3.8) is 0 Å². The van der Waals surface area contributed by atoms with Gasteiger partial charge in [0.2, 0.25) is 11.8 Å². The zero-order valence-electron chi connectivity index (χ0n) is 21.2. The van der Waals surface area contributed by atoms with Crippen LogP contribution in [0.2, 0.25) is 0 Å². The van der Waals surface area contributed by atoms with E-state index in [0.29, 0.717) is 22.8 Å². The van der Waals surface area contributed by atoms with Gasteiger partial charge in [-0.2, -0.15) is 0 Å². The Morgan fingerprint density at radius 3 is 2.35 bits per heavy atom. The lowest BCUT2D eigenvalue weighted by atomic mass is 9.96. The van der Waals surface area contributed by atoms with E-state index in [1.165, 1.54) is 34.9 Å². The van der Waals surface area contributed by atoms with Gasteiger partial charge < -0.3 is 10.1 Å². The lowest BCUT2D eigenvalue weighted by molar-refractivity contribution is -0.419. The number of nitrogens with one attached hydrogen (secondary N) is 1. The fourth-order valence-corrected chi connectivity index (χ4v) is 5.51. The zero-order valence-corrected chi connectivity index (χ0v) is 22.9. The first kappa shape index (κ1) is 27.0. The number of rotatable bonds is 7. The maximum atomic E-state index is 13.6. The third-order valence-corrected chi connectivity index (χ3v) is 7.73. The maximum absolute atomic E-state index is 13.6. The number of hydrogen-bond acceptors (Lipinski definition) is 7. The van der Waals surface area contributed by atoms with Crippen molar-refractivity contribution in [3.05, 3.63) is 130 Å². The topological polar surface area (TPSA) is 102 Å². The third kappa shape index (κ3) is 6.03. The molecule has 0 spiro atoms. The van der Waals surface area contributed by atoms with Gasteiger partial charge >= 0.3 is 0 Å². The Hall–Kier alpha value is -4.54. The van der Waals surface area contributed by atoms with Gasteiger partial charge in [-0.05, 0) is 73.2 Å². The highest BCUT2D eigenvalue weighted by Crippen LogP contribution is 2.35. The number of nitro groups is 1. The van der Waals surface area contributed by atoms with E-state index in [-0.39, 0.29) is 16.1 Å². The average Bonchev–Trinajstić information content (AvgIpc) is 2.94. The van der Waals surface area contributed by atoms with Gasteiger partial charge in [-0.3, -0.25) is 24.6 Å². The molecule has 1 N–H and O–H groups in total. The smallest absolute Gasteiger partial charge is 0.269 e. The zero-order chi connectivity index (χ0) is 28.2. The number of ether oxygens (including phenoxy) is 1. The predicted molar refractivity (Wildman–Crippen MR) is 158 cm³/mol. The highest BCUT2D eigenvalue weighted by molar-refractivity contribution is 8.00. The number of anilines is 1. The van der Waals surface area contributed by atoms with Crippen molar-refractivity contribution in [2.45, 2.75) is 17.1 Å². The SMILES string of the molecule is Cc1ccc(SC2C=CC([N+](=O)[O-])=CC2=CC2C(=O)NC(=S)N(c3ccc(Oc4ccccc4)cc3)C2=O)cc1. The molecular weight excluding hydrogens is 546 g/mol. The number of carbonyl (C=O) groups excluding carboxylic acids is 2. The Balaban J connectivity index is 1.42. The summed E-state index contributed by atoms with van der Waals surface area (Å²) in [6.07, 6.45) is 6.03. The lowest BCUT2D eigenvalue weighted by Gasteiger charge is -2.32. The number of nitrogens with zero attached hydrogens (tertiary/aromatic N) is 2. The second-order valence-corrected chi connectivity index (χ2v) is 10.7. The van der Waals surface area contributed by atoms with Gasteiger partial charge in [0, 0.05) is 17.0 Å². The summed E-state index contributed by atoms with van der Waals surface area (Å²) in [5.41, 5.74) is 1.91. The normalized spacial score (nSPS) is 19.8. The second-order valence-electron chi connectivity index (χ2n) is 9.06. The monoisotopic (exact) mass is 569 g/mol. The Bertz CT molecular complexity index is 1570. The van der Waals surface area contributed by atoms with Crippen molar-refractivity contribution >= 4 is 46.6 Å². The third-order valence-electron chi connectivity index (χ3n) is 6.21. The molecule has 0 radical (unpaired) electrons. The van der Waals surface area contributed by atoms with Crippen molar-refractivity contribution < 1.29 is 19.2 Å². The number of thioether (sulfide) groups is 1. The fourth-order valence-electron chi connectivity index (χ4n) is 4.19. The number of amides is 2. The van der Waals surface area contributed by atoms with E-state index in [1.807, 2.05) is 61.5 Å². The minimum absolute atomic E-state index is 0.0444. The minimum Gasteiger partial charge on any atom is -0.457 e. The van der Waals surface area contributed by atoms with Gasteiger partial charge in [-0.15, -0.1) is 11.8 Å². The molecule has 8 nitrogen and oxygen atoms in total. The molecule has 0 saturated carbocycles. The summed E-state index contributed by atoms with van der Waals surface area (Å²) in [5, 5.41) is 13.7. The van der Waals surface area contributed by atoms with Gasteiger partial charge in [0.05, 0.1) is 15.9 Å². The molecule has 40 heavy (non-hydrogen) atoms. The van der Waals surface area contributed by atoms with E-state index in [9.17, 15) is 19.7 Å². The predicted octanol–water partition coefficient (Wildman–Crippen LogP) is 5.97. The van der Waals surface area contributed by atoms with Gasteiger partial charge in [0.15, 0.2) is 5.11 Å². The number of thiocarbonyl (C=S) groups is 1. The molecule has 2 atom stereocenters. The Kier molecular flexibility index (Phi) is 7.90. The van der Waals surface area contributed by atoms with Crippen molar-refractivity contribution in [2.24, 2.45) is 5.92 Å². The van der Waals surface area contributed by atoms with E-state index >= 15 is 0 Å². The van der Waals surface area contributed by atoms with Crippen LogP contribution < -0.4 is 15.0 Å². The first-order valence-corrected chi connectivity index (χ1v) is 13.6. The number of allylic oxidation sites excluding steroid dienone is 2. The van der Waals surface area contributed by atoms with Crippen LogP contribution in [0, 0.1) is 23.0 Å². The molecule has 2 amide bonds. The van der Waals surface area contributed by atoms with Gasteiger partial charge in [0.1, 0.15) is 17.4 Å². The van der Waals surface area contributed by atoms with Crippen LogP contribution in [0.5, 0.6) is 11.5 Å². The lowest BCUT2D eigenvalue weighted by Crippen LogP contribution is -2.57. The van der Waals surface area contributed by atoms with Gasteiger partial charge in [-0.1, -0.05) is 48.0 Å². The van der Waals surface area contributed by atoms with Crippen LogP contribution in [0.4, 0.5) is 5.69 Å². The van der Waals surface area contributed by atoms with Crippen LogP contribution in [-0.4, -0.2) is 27.1 Å². The molecule has 200 valence electrons. The van der Waals surface area contributed by atoms with Crippen LogP contribution in [0.3, 0.4) is 0 Å². The van der Waals surface area contributed by atoms with Crippen molar-refractivity contribution in [3.8, 4) is 11.5 Å². The Morgan fingerprint density at radius 1 is 1.00 bits per heavy atom. The summed E-state index contributed by atoms with van der Waals surface area (Å²) < 4.78 is 5.82. The quantitative estimate of drug-likeness (QED) is 0.162. The van der Waals surface area contributed by atoms with E-state index in [0.717, 1.165) is 10.5 Å². The standard InChI is InChI=1S/C30H23N3O5S2/c1-19-7-14-25(15-8-19)40-27-16-11-22(33(36)37)17-20(27)18-26-28(34)31-30(39)32(29(26)35)21-9-12-24(13-10-21)38-23-5-3-2-4-6-23/h2-18,26-27H,1H3,(H,31,34,39). The number of para-hydroxylation sites is 1. The molecule has 10 heteroatoms. The Labute approximate surface area is 240 Å². The van der Waals surface area contributed by atoms with Crippen molar-refractivity contribution in [1.82, 2.24) is 5.32 Å². The molecule has 1 fully saturated rings. The summed E-state index contributed by atoms with van der Waals surface area (Å²) in [5.74, 6) is -1.15. The minimum atomic E-state index is -1.24. The number of aryl methyl sites for hydroxylation is 1. The van der Waals surface area contributed by atoms with E-state index in [1.54, 1.807) is 30.3 Å². The molecule has 1 saturated heterocycles. The summed E-state index contributed by atoms with van der Waals surface area (Å²) in [7, 11) is 0. The molecule has 2 unspecified atom stereocenters. The molecule has 1 heterocycles. The highest BCUT2D eigenvalue weighted by atomic mass is 32.2. The molecular formula is C30H23N3O5S2. The van der Waals surface area contributed by atoms with Crippen LogP contribution in [0.15, 0.2) is 119 Å². The van der Waals surface area contributed by atoms with Gasteiger partial charge in [0.25, 0.3) is 5.70 Å². The summed E-state index contributed by atoms with van der Waals surface area (Å²) in [6, 6.07) is 23.9. The van der Waals surface area contributed by atoms with Crippen LogP contribution in [0.25, 0.3) is 0 Å². The average molecular weight is 570 g/mol. The first-order chi connectivity index (χ1) is 19.3. The van der Waals surface area contributed by atoms with E-state index in [4.69, 9.17) is 17.0 Å². The number of carbonyl (C=O) groups is 2. The first-order valence-electron chi connectivity index (χ1n) is 12.3. The van der Waals surface area contributed by atoms with Crippen molar-refractivity contribution in [2.75, 3.05) is 4.90 Å². The molecule has 5 rings (SSSR count). The maximum Gasteiger partial charge on any atom is 0.269 e. The summed E-state index contributed by atoms with van der Waals surface area (Å²) >= 11 is 6.80. The molecule has 1 aliphatic carbocycles. The van der Waals surface area contributed by atoms with Crippen LogP contribution in [0.1, 0.15) is 5.56 Å². The fraction of sp³-hybridized carbons (Fsp3) is 0.100. The molecule has 2 aliphatic rings. The highest BCUT2D eigenvalue weighted by Gasteiger charge is 2.39. The molecule has 1 aliphatic heterocycles. The second kappa shape index (κ2) is 11.7. The number of hydrogen-bond donors (Lipinski definition) is 1. The molecule has 0 aromatic heterocycles. The van der Waals surface area contributed by atoms with Crippen molar-refractivity contribution in [1.29, 1.82) is 0 Å². The van der Waals surface area contributed by atoms with E-state index < -0.39 is 22.7 Å². The van der Waals surface area contributed by atoms with Gasteiger partial charge in [-0.25, -0.2) is 0 Å². The summed E-state index contributed by atoms with van der Waals surface area (Å²) in [4.78, 5) is 39.8.